The van der Waals surface area contributed by atoms with E-state index in [0.29, 0.717) is 31.5 Å². The van der Waals surface area contributed by atoms with Gasteiger partial charge in [-0.05, 0) is 30.5 Å². The van der Waals surface area contributed by atoms with Crippen LogP contribution in [0, 0.1) is 5.92 Å². The minimum absolute atomic E-state index is 0.0295. The van der Waals surface area contributed by atoms with E-state index >= 15 is 0 Å². The molecule has 1 aliphatic heterocycles. The highest BCUT2D eigenvalue weighted by Gasteiger charge is 2.27. The summed E-state index contributed by atoms with van der Waals surface area (Å²) in [7, 11) is 0. The molecule has 134 valence electrons. The van der Waals surface area contributed by atoms with Gasteiger partial charge >= 0.3 is 5.97 Å². The van der Waals surface area contributed by atoms with E-state index in [9.17, 15) is 14.4 Å². The number of likely N-dealkylation sites (tertiary alicyclic amines) is 1. The summed E-state index contributed by atoms with van der Waals surface area (Å²) in [5, 5.41) is 9.04. The number of aromatic carboxylic acids is 1. The number of benzene rings is 2. The first-order valence-electron chi connectivity index (χ1n) is 8.74. The van der Waals surface area contributed by atoms with Crippen molar-refractivity contribution in [2.24, 2.45) is 5.92 Å². The number of amides is 1. The summed E-state index contributed by atoms with van der Waals surface area (Å²) in [5.41, 5.74) is 1.60. The number of piperidine rings is 1. The van der Waals surface area contributed by atoms with Crippen LogP contribution < -0.4 is 0 Å². The predicted octanol–water partition coefficient (Wildman–Crippen LogP) is 3.05. The van der Waals surface area contributed by atoms with Gasteiger partial charge in [-0.1, -0.05) is 42.5 Å². The quantitative estimate of drug-likeness (QED) is 0.840. The smallest absolute Gasteiger partial charge is 0.335 e. The summed E-state index contributed by atoms with van der Waals surface area (Å²) in [6.07, 6.45) is 1.50. The lowest BCUT2D eigenvalue weighted by atomic mass is 9.88. The zero-order valence-corrected chi connectivity index (χ0v) is 14.4. The Kier molecular flexibility index (Phi) is 5.46. The molecule has 26 heavy (non-hydrogen) atoms. The van der Waals surface area contributed by atoms with Crippen molar-refractivity contribution in [1.29, 1.82) is 0 Å². The number of ketones is 1. The van der Waals surface area contributed by atoms with Crippen LogP contribution in [0.15, 0.2) is 54.6 Å². The maximum Gasteiger partial charge on any atom is 0.335 e. The van der Waals surface area contributed by atoms with E-state index in [1.165, 1.54) is 12.1 Å². The van der Waals surface area contributed by atoms with Crippen molar-refractivity contribution in [2.75, 3.05) is 13.1 Å². The average Bonchev–Trinajstić information content (AvgIpc) is 2.68. The summed E-state index contributed by atoms with van der Waals surface area (Å²) in [6.45, 7) is 1.11. The summed E-state index contributed by atoms with van der Waals surface area (Å²) < 4.78 is 0. The fraction of sp³-hybridized carbons (Fsp3) is 0.286. The molecule has 0 radical (unpaired) electrons. The van der Waals surface area contributed by atoms with Crippen molar-refractivity contribution in [3.05, 3.63) is 71.3 Å². The van der Waals surface area contributed by atoms with Crippen LogP contribution in [0.5, 0.6) is 0 Å². The Bertz CT molecular complexity index is 808. The number of carboxylic acid groups (broad SMARTS) is 1. The van der Waals surface area contributed by atoms with Gasteiger partial charge in [0.1, 0.15) is 0 Å². The molecule has 5 heteroatoms. The Hall–Kier alpha value is -2.95. The number of Topliss-reactive ketones (excluding diaryl/α,β-unsaturated/α-hetero) is 1. The highest BCUT2D eigenvalue weighted by atomic mass is 16.4. The first-order valence-corrected chi connectivity index (χ1v) is 8.74. The lowest BCUT2D eigenvalue weighted by Gasteiger charge is -2.31. The molecule has 0 spiro atoms. The normalized spacial score (nSPS) is 14.8. The number of carboxylic acids is 1. The maximum absolute atomic E-state index is 12.5. The lowest BCUT2D eigenvalue weighted by molar-refractivity contribution is -0.131. The molecule has 1 amide bonds. The molecule has 5 nitrogen and oxygen atoms in total. The van der Waals surface area contributed by atoms with Gasteiger partial charge in [0.05, 0.1) is 12.0 Å². The van der Waals surface area contributed by atoms with Gasteiger partial charge in [-0.2, -0.15) is 0 Å². The van der Waals surface area contributed by atoms with Crippen LogP contribution in [0.25, 0.3) is 0 Å². The molecular weight excluding hydrogens is 330 g/mol. The molecule has 0 saturated carbocycles. The highest BCUT2D eigenvalue weighted by Crippen LogP contribution is 2.22. The monoisotopic (exact) mass is 351 g/mol. The molecule has 0 bridgehead atoms. The molecule has 0 aromatic heterocycles. The van der Waals surface area contributed by atoms with E-state index in [0.717, 1.165) is 5.56 Å². The van der Waals surface area contributed by atoms with Crippen LogP contribution in [-0.2, 0) is 11.2 Å². The Labute approximate surface area is 152 Å². The van der Waals surface area contributed by atoms with E-state index < -0.39 is 5.97 Å². The topological polar surface area (TPSA) is 74.7 Å². The maximum atomic E-state index is 12.5. The fourth-order valence-corrected chi connectivity index (χ4v) is 3.33. The third kappa shape index (κ3) is 4.17. The number of hydrogen-bond acceptors (Lipinski definition) is 3. The number of carbonyl (C=O) groups is 3. The zero-order chi connectivity index (χ0) is 18.5. The van der Waals surface area contributed by atoms with Gasteiger partial charge < -0.3 is 10.0 Å². The van der Waals surface area contributed by atoms with Gasteiger partial charge in [0.15, 0.2) is 5.78 Å². The standard InChI is InChI=1S/C21H21NO4/c23-19(14-15-5-4-8-18(13-15)21(25)26)22-11-9-17(10-12-22)20(24)16-6-2-1-3-7-16/h1-8,13,17H,9-12,14H2,(H,25,26). The molecule has 1 heterocycles. The van der Waals surface area contributed by atoms with Gasteiger partial charge in [-0.25, -0.2) is 4.79 Å². The minimum Gasteiger partial charge on any atom is -0.478 e. The summed E-state index contributed by atoms with van der Waals surface area (Å²) in [6, 6.07) is 15.7. The molecule has 1 saturated heterocycles. The van der Waals surface area contributed by atoms with Crippen molar-refractivity contribution >= 4 is 17.7 Å². The first kappa shape index (κ1) is 17.9. The zero-order valence-electron chi connectivity index (χ0n) is 14.4. The van der Waals surface area contributed by atoms with Crippen LogP contribution in [0.1, 0.15) is 39.1 Å². The van der Waals surface area contributed by atoms with Gasteiger partial charge in [-0.3, -0.25) is 9.59 Å². The van der Waals surface area contributed by atoms with Crippen LogP contribution >= 0.6 is 0 Å². The second kappa shape index (κ2) is 7.95. The number of rotatable bonds is 5. The minimum atomic E-state index is -1.00. The number of carbonyl (C=O) groups excluding carboxylic acids is 2. The molecular formula is C21H21NO4. The van der Waals surface area contributed by atoms with Crippen LogP contribution in [0.2, 0.25) is 0 Å². The molecule has 1 fully saturated rings. The van der Waals surface area contributed by atoms with Crippen LogP contribution in [-0.4, -0.2) is 40.8 Å². The van der Waals surface area contributed by atoms with E-state index in [4.69, 9.17) is 5.11 Å². The third-order valence-corrected chi connectivity index (χ3v) is 4.81. The largest absolute Gasteiger partial charge is 0.478 e. The van der Waals surface area contributed by atoms with E-state index in [-0.39, 0.29) is 29.6 Å². The van der Waals surface area contributed by atoms with Crippen molar-refractivity contribution in [3.8, 4) is 0 Å². The van der Waals surface area contributed by atoms with E-state index in [1.807, 2.05) is 30.3 Å². The summed E-state index contributed by atoms with van der Waals surface area (Å²) >= 11 is 0. The third-order valence-electron chi connectivity index (χ3n) is 4.81. The molecule has 3 rings (SSSR count). The van der Waals surface area contributed by atoms with Crippen molar-refractivity contribution in [2.45, 2.75) is 19.3 Å². The van der Waals surface area contributed by atoms with Crippen LogP contribution in [0.3, 0.4) is 0 Å². The highest BCUT2D eigenvalue weighted by molar-refractivity contribution is 5.98. The van der Waals surface area contributed by atoms with Gasteiger partial charge in [0.25, 0.3) is 0 Å². The lowest BCUT2D eigenvalue weighted by Crippen LogP contribution is -2.41. The molecule has 2 aromatic rings. The summed E-state index contributed by atoms with van der Waals surface area (Å²) in [5.74, 6) is -0.929. The van der Waals surface area contributed by atoms with Crippen LogP contribution in [0.4, 0.5) is 0 Å². The SMILES string of the molecule is O=C(O)c1cccc(CC(=O)N2CCC(C(=O)c3ccccc3)CC2)c1. The Morgan fingerprint density at radius 3 is 2.23 bits per heavy atom. The van der Waals surface area contributed by atoms with Crippen molar-refractivity contribution in [3.63, 3.8) is 0 Å². The van der Waals surface area contributed by atoms with Crippen molar-refractivity contribution < 1.29 is 19.5 Å². The number of nitrogens with zero attached hydrogens (tertiary/aromatic N) is 1. The molecule has 0 aliphatic carbocycles. The fourth-order valence-electron chi connectivity index (χ4n) is 3.33. The molecule has 1 aliphatic rings. The molecule has 0 atom stereocenters. The first-order chi connectivity index (χ1) is 12.5. The van der Waals surface area contributed by atoms with E-state index in [1.54, 1.807) is 17.0 Å². The molecule has 1 N–H and O–H groups in total. The Morgan fingerprint density at radius 1 is 0.923 bits per heavy atom. The summed E-state index contributed by atoms with van der Waals surface area (Å²) in [4.78, 5) is 37.8. The molecule has 0 unspecified atom stereocenters. The second-order valence-corrected chi connectivity index (χ2v) is 6.57. The number of hydrogen-bond donors (Lipinski definition) is 1. The second-order valence-electron chi connectivity index (χ2n) is 6.57. The van der Waals surface area contributed by atoms with Gasteiger partial charge in [-0.15, -0.1) is 0 Å². The Morgan fingerprint density at radius 2 is 1.58 bits per heavy atom. The average molecular weight is 351 g/mol. The van der Waals surface area contributed by atoms with Gasteiger partial charge in [0, 0.05) is 24.6 Å². The Balaban J connectivity index is 1.56. The molecule has 2 aromatic carbocycles. The van der Waals surface area contributed by atoms with Crippen molar-refractivity contribution in [1.82, 2.24) is 4.90 Å². The van der Waals surface area contributed by atoms with Gasteiger partial charge in [0.2, 0.25) is 5.91 Å². The predicted molar refractivity (Wildman–Crippen MR) is 97.2 cm³/mol. The van der Waals surface area contributed by atoms with E-state index in [2.05, 4.69) is 0 Å².